The molecule has 2 atom stereocenters. The van der Waals surface area contributed by atoms with Crippen LogP contribution in [0.1, 0.15) is 62.1 Å². The first-order valence-corrected chi connectivity index (χ1v) is 13.7. The number of nitrogens with two attached hydrogens (primary N) is 1. The molecular weight excluding hydrogens is 460 g/mol. The van der Waals surface area contributed by atoms with Crippen molar-refractivity contribution in [3.63, 3.8) is 0 Å². The lowest BCUT2D eigenvalue weighted by molar-refractivity contribution is 0.238. The van der Waals surface area contributed by atoms with Gasteiger partial charge in [0.2, 0.25) is 11.9 Å². The van der Waals surface area contributed by atoms with Crippen LogP contribution in [0.2, 0.25) is 0 Å². The van der Waals surface area contributed by atoms with Crippen LogP contribution in [-0.2, 0) is 0 Å². The van der Waals surface area contributed by atoms with Crippen LogP contribution in [0.5, 0.6) is 5.75 Å². The molecular formula is C25H32N8OS. The van der Waals surface area contributed by atoms with E-state index in [4.69, 9.17) is 20.4 Å². The Morgan fingerprint density at radius 3 is 2.69 bits per heavy atom. The monoisotopic (exact) mass is 492 g/mol. The van der Waals surface area contributed by atoms with Gasteiger partial charge in [0.1, 0.15) is 12.4 Å². The van der Waals surface area contributed by atoms with Crippen LogP contribution < -0.4 is 15.8 Å². The van der Waals surface area contributed by atoms with Crippen molar-refractivity contribution >= 4 is 29.3 Å². The van der Waals surface area contributed by atoms with Crippen LogP contribution in [-0.4, -0.2) is 61.6 Å². The second kappa shape index (κ2) is 9.66. The maximum atomic E-state index is 6.33. The third-order valence-corrected chi connectivity index (χ3v) is 7.98. The summed E-state index contributed by atoms with van der Waals surface area (Å²) in [6, 6.07) is 7.88. The Hall–Kier alpha value is -2.85. The van der Waals surface area contributed by atoms with Crippen molar-refractivity contribution in [3.05, 3.63) is 35.5 Å². The molecule has 1 aromatic carbocycles. The van der Waals surface area contributed by atoms with Gasteiger partial charge in [0.05, 0.1) is 5.69 Å². The third-order valence-electron chi connectivity index (χ3n) is 7.25. The SMILES string of the molecule is CCSc1nc2c(c(-n3nc(Nc4ccc(OCCN5CCCC5)cc4)nc3N)n1)C1CCC2C1. The molecule has 2 aromatic heterocycles. The van der Waals surface area contributed by atoms with Crippen molar-refractivity contribution < 1.29 is 4.74 Å². The lowest BCUT2D eigenvalue weighted by atomic mass is 9.96. The summed E-state index contributed by atoms with van der Waals surface area (Å²) in [6.45, 7) is 6.18. The fourth-order valence-electron chi connectivity index (χ4n) is 5.60. The first-order valence-electron chi connectivity index (χ1n) is 12.7. The Balaban J connectivity index is 1.17. The van der Waals surface area contributed by atoms with Crippen LogP contribution >= 0.6 is 11.8 Å². The van der Waals surface area contributed by atoms with Gasteiger partial charge in [-0.15, -0.1) is 5.10 Å². The van der Waals surface area contributed by atoms with Crippen LogP contribution in [0.15, 0.2) is 29.4 Å². The Morgan fingerprint density at radius 1 is 1.09 bits per heavy atom. The highest BCUT2D eigenvalue weighted by Crippen LogP contribution is 2.54. The molecule has 9 nitrogen and oxygen atoms in total. The average Bonchev–Trinajstić information content (AvgIpc) is 3.66. The molecule has 3 aromatic rings. The minimum absolute atomic E-state index is 0.325. The van der Waals surface area contributed by atoms with E-state index < -0.39 is 0 Å². The number of nitrogens with zero attached hydrogens (tertiary/aromatic N) is 6. The number of nitrogen functional groups attached to an aromatic ring is 1. The van der Waals surface area contributed by atoms with Gasteiger partial charge in [0, 0.05) is 23.7 Å². The molecule has 0 spiro atoms. The number of thioether (sulfide) groups is 1. The van der Waals surface area contributed by atoms with Crippen LogP contribution in [0.4, 0.5) is 17.6 Å². The lowest BCUT2D eigenvalue weighted by Gasteiger charge is -2.18. The van der Waals surface area contributed by atoms with E-state index in [1.165, 1.54) is 50.0 Å². The zero-order valence-corrected chi connectivity index (χ0v) is 20.9. The molecule has 2 aliphatic carbocycles. The van der Waals surface area contributed by atoms with Gasteiger partial charge >= 0.3 is 0 Å². The van der Waals surface area contributed by atoms with E-state index in [0.29, 0.717) is 30.3 Å². The van der Waals surface area contributed by atoms with E-state index in [1.807, 2.05) is 24.3 Å². The molecule has 3 heterocycles. The van der Waals surface area contributed by atoms with Crippen LogP contribution in [0.25, 0.3) is 5.82 Å². The highest BCUT2D eigenvalue weighted by molar-refractivity contribution is 7.99. The van der Waals surface area contributed by atoms with E-state index in [9.17, 15) is 0 Å². The number of likely N-dealkylation sites (tertiary alicyclic amines) is 1. The van der Waals surface area contributed by atoms with E-state index >= 15 is 0 Å². The first-order chi connectivity index (χ1) is 17.2. The topological polar surface area (TPSA) is 107 Å². The smallest absolute Gasteiger partial charge is 0.248 e. The van der Waals surface area contributed by atoms with Gasteiger partial charge in [-0.1, -0.05) is 18.7 Å². The highest BCUT2D eigenvalue weighted by atomic mass is 32.2. The number of anilines is 3. The number of rotatable bonds is 9. The Kier molecular flexibility index (Phi) is 6.24. The summed E-state index contributed by atoms with van der Waals surface area (Å²) in [5.74, 6) is 4.37. The molecule has 10 heteroatoms. The summed E-state index contributed by atoms with van der Waals surface area (Å²) < 4.78 is 7.59. The zero-order chi connectivity index (χ0) is 23.8. The molecule has 0 radical (unpaired) electrons. The van der Waals surface area contributed by atoms with Crippen LogP contribution in [0, 0.1) is 0 Å². The number of hydrogen-bond acceptors (Lipinski definition) is 9. The fourth-order valence-corrected chi connectivity index (χ4v) is 6.17. The number of nitrogens with one attached hydrogen (secondary N) is 1. The Bertz CT molecular complexity index is 1190. The summed E-state index contributed by atoms with van der Waals surface area (Å²) in [4.78, 5) is 16.7. The second-order valence-electron chi connectivity index (χ2n) is 9.52. The zero-order valence-electron chi connectivity index (χ0n) is 20.1. The molecule has 3 aliphatic rings. The van der Waals surface area contributed by atoms with Gasteiger partial charge in [-0.25, -0.2) is 9.97 Å². The lowest BCUT2D eigenvalue weighted by Crippen LogP contribution is -2.25. The highest BCUT2D eigenvalue weighted by Gasteiger charge is 2.41. The second-order valence-corrected chi connectivity index (χ2v) is 10.8. The fraction of sp³-hybridized carbons (Fsp3) is 0.520. The van der Waals surface area contributed by atoms with E-state index in [-0.39, 0.29) is 0 Å². The van der Waals surface area contributed by atoms with Gasteiger partial charge in [-0.2, -0.15) is 9.67 Å². The van der Waals surface area contributed by atoms with Crippen molar-refractivity contribution in [2.45, 2.75) is 56.0 Å². The minimum Gasteiger partial charge on any atom is -0.492 e. The number of aromatic nitrogens is 5. The van der Waals surface area contributed by atoms with Gasteiger partial charge in [0.15, 0.2) is 11.0 Å². The molecule has 2 fully saturated rings. The molecule has 1 aliphatic heterocycles. The summed E-state index contributed by atoms with van der Waals surface area (Å²) in [6.07, 6.45) is 6.15. The molecule has 2 bridgehead atoms. The quantitative estimate of drug-likeness (QED) is 0.333. The van der Waals surface area contributed by atoms with E-state index in [2.05, 4.69) is 27.2 Å². The van der Waals surface area contributed by atoms with Crippen molar-refractivity contribution in [2.75, 3.05) is 43.0 Å². The van der Waals surface area contributed by atoms with E-state index in [0.717, 1.165) is 41.1 Å². The van der Waals surface area contributed by atoms with Gasteiger partial charge in [-0.05, 0) is 81.1 Å². The number of fused-ring (bicyclic) bond motifs is 5. The van der Waals surface area contributed by atoms with Gasteiger partial charge < -0.3 is 15.8 Å². The predicted octanol–water partition coefficient (Wildman–Crippen LogP) is 4.33. The summed E-state index contributed by atoms with van der Waals surface area (Å²) >= 11 is 1.65. The largest absolute Gasteiger partial charge is 0.492 e. The third kappa shape index (κ3) is 4.56. The molecule has 1 saturated carbocycles. The predicted molar refractivity (Wildman–Crippen MR) is 138 cm³/mol. The van der Waals surface area contributed by atoms with Crippen molar-refractivity contribution in [1.29, 1.82) is 0 Å². The Morgan fingerprint density at radius 2 is 1.89 bits per heavy atom. The van der Waals surface area contributed by atoms with Crippen molar-refractivity contribution in [3.8, 4) is 11.6 Å². The van der Waals surface area contributed by atoms with Crippen LogP contribution in [0.3, 0.4) is 0 Å². The number of hydrogen-bond donors (Lipinski definition) is 2. The minimum atomic E-state index is 0.325. The molecule has 184 valence electrons. The first kappa shape index (κ1) is 22.6. The summed E-state index contributed by atoms with van der Waals surface area (Å²) in [5, 5.41) is 8.75. The molecule has 0 amide bonds. The molecule has 35 heavy (non-hydrogen) atoms. The molecule has 6 rings (SSSR count). The molecule has 1 saturated heterocycles. The normalized spacial score (nSPS) is 20.9. The molecule has 2 unspecified atom stereocenters. The average molecular weight is 493 g/mol. The van der Waals surface area contributed by atoms with E-state index in [1.54, 1.807) is 16.4 Å². The van der Waals surface area contributed by atoms with Crippen molar-refractivity contribution in [2.24, 2.45) is 0 Å². The summed E-state index contributed by atoms with van der Waals surface area (Å²) in [5.41, 5.74) is 9.61. The van der Waals surface area contributed by atoms with Gasteiger partial charge in [-0.3, -0.25) is 4.90 Å². The standard InChI is InChI=1S/C25H32N8OS/c1-2-35-25-28-21-17-6-5-16(15-17)20(21)22(29-25)33-23(26)30-24(31-33)27-18-7-9-19(10-8-18)34-14-13-32-11-3-4-12-32/h7-10,16-17H,2-6,11-15H2,1H3,(H3,26,27,30,31). The number of benzene rings is 1. The molecule has 3 N–H and O–H groups in total. The maximum absolute atomic E-state index is 6.33. The number of ether oxygens (including phenoxy) is 1. The maximum Gasteiger partial charge on any atom is 0.248 e. The van der Waals surface area contributed by atoms with Gasteiger partial charge in [0.25, 0.3) is 0 Å². The van der Waals surface area contributed by atoms with Crippen molar-refractivity contribution in [1.82, 2.24) is 29.6 Å². The summed E-state index contributed by atoms with van der Waals surface area (Å²) in [7, 11) is 0. The Labute approximate surface area is 209 Å².